The van der Waals surface area contributed by atoms with Crippen LogP contribution in [0.4, 0.5) is 5.82 Å². The number of fused-ring (bicyclic) bond motifs is 1. The number of rotatable bonds is 6. The lowest BCUT2D eigenvalue weighted by molar-refractivity contribution is -0.165. The Balaban J connectivity index is 0.000000247. The molecule has 3 heterocycles. The minimum absolute atomic E-state index is 0.880. The van der Waals surface area contributed by atoms with E-state index in [1.54, 1.807) is 0 Å². The second-order valence-electron chi connectivity index (χ2n) is 7.22. The number of hydrogen-bond acceptors (Lipinski definition) is 8. The van der Waals surface area contributed by atoms with E-state index in [0.717, 1.165) is 55.4 Å². The Morgan fingerprint density at radius 2 is 1.56 bits per heavy atom. The summed E-state index contributed by atoms with van der Waals surface area (Å²) < 4.78 is 0. The molecule has 0 bridgehead atoms. The summed E-state index contributed by atoms with van der Waals surface area (Å²) in [5.74, 6) is -1.41. The Hall–Kier alpha value is -3.54. The predicted molar refractivity (Wildman–Crippen MR) is 115 cm³/mol. The van der Waals surface area contributed by atoms with Crippen LogP contribution >= 0.6 is 0 Å². The van der Waals surface area contributed by atoms with E-state index in [2.05, 4.69) is 36.9 Å². The van der Waals surface area contributed by atoms with Gasteiger partial charge in [-0.25, -0.2) is 19.6 Å². The van der Waals surface area contributed by atoms with Crippen molar-refractivity contribution in [2.75, 3.05) is 31.1 Å². The summed E-state index contributed by atoms with van der Waals surface area (Å²) in [4.78, 5) is 36.8. The number of aromatic amines is 1. The van der Waals surface area contributed by atoms with Crippen molar-refractivity contribution in [3.05, 3.63) is 54.5 Å². The standard InChI is InChI=1S/C17H19N5.C4H6O6/c1-2-6-15-14(5-1)19-16(20-15)13-21-9-11-22(12-10-21)17-7-3-4-8-18-17;5-1(3(7)8)2(6)4(9)10/h1-8H,9-13H2,(H,19,20);1-2,5-6H,(H,7,8)(H,9,10)/t;1-,2-/m.1/s1. The number of aromatic nitrogens is 3. The van der Waals surface area contributed by atoms with Gasteiger partial charge in [-0.05, 0) is 24.3 Å². The molecule has 0 spiro atoms. The zero-order valence-corrected chi connectivity index (χ0v) is 17.2. The molecule has 2 atom stereocenters. The zero-order chi connectivity index (χ0) is 23.1. The smallest absolute Gasteiger partial charge is 0.335 e. The number of anilines is 1. The van der Waals surface area contributed by atoms with E-state index >= 15 is 0 Å². The van der Waals surface area contributed by atoms with Crippen LogP contribution < -0.4 is 4.90 Å². The van der Waals surface area contributed by atoms with Crippen molar-refractivity contribution in [2.45, 2.75) is 18.8 Å². The minimum atomic E-state index is -2.27. The maximum atomic E-state index is 9.77. The number of carboxylic acid groups (broad SMARTS) is 2. The van der Waals surface area contributed by atoms with Crippen molar-refractivity contribution in [2.24, 2.45) is 0 Å². The predicted octanol–water partition coefficient (Wildman–Crippen LogP) is 0.158. The number of para-hydroxylation sites is 2. The number of aliphatic hydroxyl groups excluding tert-OH is 2. The minimum Gasteiger partial charge on any atom is -0.479 e. The first-order chi connectivity index (χ1) is 15.3. The highest BCUT2D eigenvalue weighted by molar-refractivity contribution is 5.83. The Morgan fingerprint density at radius 1 is 0.938 bits per heavy atom. The Kier molecular flexibility index (Phi) is 7.71. The molecule has 11 heteroatoms. The number of H-pyrrole nitrogens is 1. The van der Waals surface area contributed by atoms with Gasteiger partial charge < -0.3 is 30.3 Å². The van der Waals surface area contributed by atoms with Gasteiger partial charge in [0.1, 0.15) is 11.6 Å². The summed E-state index contributed by atoms with van der Waals surface area (Å²) in [6, 6.07) is 14.3. The normalized spacial score (nSPS) is 16.1. The van der Waals surface area contributed by atoms with Gasteiger partial charge in [0.15, 0.2) is 12.2 Å². The molecule has 0 radical (unpaired) electrons. The number of carboxylic acids is 2. The quantitative estimate of drug-likeness (QED) is 0.354. The van der Waals surface area contributed by atoms with Crippen molar-refractivity contribution in [3.63, 3.8) is 0 Å². The lowest BCUT2D eigenvalue weighted by Crippen LogP contribution is -2.46. The van der Waals surface area contributed by atoms with E-state index < -0.39 is 24.1 Å². The average Bonchev–Trinajstić information content (AvgIpc) is 3.21. The summed E-state index contributed by atoms with van der Waals surface area (Å²) in [5, 5.41) is 32.5. The van der Waals surface area contributed by atoms with Gasteiger partial charge in [-0.15, -0.1) is 0 Å². The first-order valence-corrected chi connectivity index (χ1v) is 9.99. The lowest BCUT2D eigenvalue weighted by atomic mass is 10.2. The van der Waals surface area contributed by atoms with Crippen molar-refractivity contribution >= 4 is 28.8 Å². The Labute approximate surface area is 183 Å². The third-order valence-electron chi connectivity index (χ3n) is 4.96. The molecule has 5 N–H and O–H groups in total. The van der Waals surface area contributed by atoms with Gasteiger partial charge in [0.2, 0.25) is 0 Å². The second-order valence-corrected chi connectivity index (χ2v) is 7.22. The van der Waals surface area contributed by atoms with Crippen LogP contribution in [0.1, 0.15) is 5.82 Å². The van der Waals surface area contributed by atoms with Crippen molar-refractivity contribution in [1.82, 2.24) is 19.9 Å². The van der Waals surface area contributed by atoms with E-state index in [0.29, 0.717) is 0 Å². The maximum absolute atomic E-state index is 9.77. The lowest BCUT2D eigenvalue weighted by Gasteiger charge is -2.34. The van der Waals surface area contributed by atoms with Crippen LogP contribution in [0.3, 0.4) is 0 Å². The fraction of sp³-hybridized carbons (Fsp3) is 0.333. The number of aliphatic hydroxyl groups is 2. The molecule has 0 unspecified atom stereocenters. The Bertz CT molecular complexity index is 984. The molecule has 4 rings (SSSR count). The Morgan fingerprint density at radius 3 is 2.12 bits per heavy atom. The second kappa shape index (κ2) is 10.7. The molecule has 170 valence electrons. The molecule has 1 saturated heterocycles. The number of hydrogen-bond donors (Lipinski definition) is 5. The van der Waals surface area contributed by atoms with Crippen LogP contribution in [0.2, 0.25) is 0 Å². The van der Waals surface area contributed by atoms with Crippen LogP contribution in [-0.2, 0) is 16.1 Å². The molecular weight excluding hydrogens is 418 g/mol. The van der Waals surface area contributed by atoms with Gasteiger partial charge in [0, 0.05) is 32.4 Å². The molecule has 32 heavy (non-hydrogen) atoms. The van der Waals surface area contributed by atoms with Gasteiger partial charge >= 0.3 is 11.9 Å². The molecule has 0 saturated carbocycles. The van der Waals surface area contributed by atoms with Gasteiger partial charge in [-0.1, -0.05) is 18.2 Å². The highest BCUT2D eigenvalue weighted by atomic mass is 16.4. The first kappa shape index (κ1) is 23.1. The van der Waals surface area contributed by atoms with Crippen LogP contribution in [-0.4, -0.2) is 90.6 Å². The molecule has 0 aliphatic carbocycles. The number of piperazine rings is 1. The number of aliphatic carboxylic acids is 2. The van der Waals surface area contributed by atoms with E-state index in [4.69, 9.17) is 20.4 Å². The number of benzene rings is 1. The molecule has 0 amide bonds. The van der Waals surface area contributed by atoms with E-state index in [1.807, 2.05) is 36.5 Å². The van der Waals surface area contributed by atoms with Crippen LogP contribution in [0.15, 0.2) is 48.7 Å². The van der Waals surface area contributed by atoms with Crippen molar-refractivity contribution < 1.29 is 30.0 Å². The molecule has 1 aliphatic heterocycles. The summed E-state index contributed by atoms with van der Waals surface area (Å²) in [5.41, 5.74) is 2.16. The fourth-order valence-electron chi connectivity index (χ4n) is 3.24. The van der Waals surface area contributed by atoms with E-state index in [9.17, 15) is 9.59 Å². The topological polar surface area (TPSA) is 163 Å². The molecule has 1 aliphatic rings. The summed E-state index contributed by atoms with van der Waals surface area (Å²) >= 11 is 0. The van der Waals surface area contributed by atoms with E-state index in [1.165, 1.54) is 0 Å². The number of imidazole rings is 1. The summed E-state index contributed by atoms with van der Waals surface area (Å²) in [7, 11) is 0. The molecule has 11 nitrogen and oxygen atoms in total. The van der Waals surface area contributed by atoms with Crippen LogP contribution in [0, 0.1) is 0 Å². The van der Waals surface area contributed by atoms with Crippen LogP contribution in [0.5, 0.6) is 0 Å². The largest absolute Gasteiger partial charge is 0.479 e. The molecular formula is C21H25N5O6. The van der Waals surface area contributed by atoms with Crippen LogP contribution in [0.25, 0.3) is 11.0 Å². The highest BCUT2D eigenvalue weighted by Crippen LogP contribution is 2.15. The highest BCUT2D eigenvalue weighted by Gasteiger charge is 2.29. The third-order valence-corrected chi connectivity index (χ3v) is 4.96. The van der Waals surface area contributed by atoms with Gasteiger partial charge in [-0.2, -0.15) is 0 Å². The molecule has 3 aromatic rings. The maximum Gasteiger partial charge on any atom is 0.335 e. The monoisotopic (exact) mass is 443 g/mol. The SMILES string of the molecule is O=C(O)[C@H](O)[C@@H](O)C(=O)O.c1ccc(N2CCN(Cc3nc4ccccc4[nH]3)CC2)nc1. The van der Waals surface area contributed by atoms with Gasteiger partial charge in [0.25, 0.3) is 0 Å². The average molecular weight is 443 g/mol. The van der Waals surface area contributed by atoms with Crippen molar-refractivity contribution in [3.8, 4) is 0 Å². The van der Waals surface area contributed by atoms with Gasteiger partial charge in [0.05, 0.1) is 17.6 Å². The number of pyridine rings is 1. The van der Waals surface area contributed by atoms with E-state index in [-0.39, 0.29) is 0 Å². The van der Waals surface area contributed by atoms with Crippen molar-refractivity contribution in [1.29, 1.82) is 0 Å². The fourth-order valence-corrected chi connectivity index (χ4v) is 3.24. The molecule has 1 fully saturated rings. The molecule has 1 aromatic carbocycles. The number of carbonyl (C=O) groups is 2. The third kappa shape index (κ3) is 6.00. The number of nitrogens with zero attached hydrogens (tertiary/aromatic N) is 4. The summed E-state index contributed by atoms with van der Waals surface area (Å²) in [6.45, 7) is 4.97. The first-order valence-electron chi connectivity index (χ1n) is 9.99. The van der Waals surface area contributed by atoms with Gasteiger partial charge in [-0.3, -0.25) is 4.90 Å². The zero-order valence-electron chi connectivity index (χ0n) is 17.2. The summed E-state index contributed by atoms with van der Waals surface area (Å²) in [6.07, 6.45) is -2.68. The number of nitrogens with one attached hydrogen (secondary N) is 1. The molecule has 2 aromatic heterocycles.